The summed E-state index contributed by atoms with van der Waals surface area (Å²) in [6, 6.07) is 5.30. The summed E-state index contributed by atoms with van der Waals surface area (Å²) in [6.07, 6.45) is 4.77. The number of thiazole rings is 1. The molecule has 1 saturated heterocycles. The SMILES string of the molecule is CCNC(=O)Nc1nc2cc(-c3cnc(C(C)(C)O)nc3)cc(-c3nccc(N4CCC(C)(OC(=O)O)CC4)n3)c2s1. The van der Waals surface area contributed by atoms with Crippen molar-refractivity contribution < 1.29 is 24.5 Å². The van der Waals surface area contributed by atoms with Crippen LogP contribution in [0.1, 0.15) is 46.4 Å². The molecular formula is C28H32N8O5S. The van der Waals surface area contributed by atoms with Gasteiger partial charge in [-0.25, -0.2) is 34.5 Å². The number of aromatic nitrogens is 5. The van der Waals surface area contributed by atoms with Gasteiger partial charge in [-0.3, -0.25) is 5.32 Å². The largest absolute Gasteiger partial charge is 0.506 e. The van der Waals surface area contributed by atoms with Gasteiger partial charge in [-0.05, 0) is 51.5 Å². The van der Waals surface area contributed by atoms with Crippen LogP contribution in [-0.2, 0) is 10.3 Å². The van der Waals surface area contributed by atoms with Crippen molar-refractivity contribution in [3.8, 4) is 22.5 Å². The minimum atomic E-state index is -1.27. The molecule has 0 unspecified atom stereocenters. The van der Waals surface area contributed by atoms with Crippen molar-refractivity contribution in [3.63, 3.8) is 0 Å². The summed E-state index contributed by atoms with van der Waals surface area (Å²) in [5, 5.41) is 25.3. The van der Waals surface area contributed by atoms with Gasteiger partial charge in [0, 0.05) is 62.2 Å². The maximum atomic E-state index is 12.2. The summed E-state index contributed by atoms with van der Waals surface area (Å²) in [5.74, 6) is 1.48. The Labute approximate surface area is 246 Å². The zero-order valence-electron chi connectivity index (χ0n) is 23.7. The number of hydrogen-bond donors (Lipinski definition) is 4. The highest BCUT2D eigenvalue weighted by Gasteiger charge is 2.34. The van der Waals surface area contributed by atoms with Crippen LogP contribution < -0.4 is 15.5 Å². The first-order chi connectivity index (χ1) is 19.9. The van der Waals surface area contributed by atoms with Crippen LogP contribution in [0.4, 0.5) is 20.5 Å². The van der Waals surface area contributed by atoms with Crippen LogP contribution in [0.15, 0.2) is 36.8 Å². The Bertz CT molecular complexity index is 1610. The molecular weight excluding hydrogens is 560 g/mol. The molecule has 4 N–H and O–H groups in total. The van der Waals surface area contributed by atoms with E-state index in [9.17, 15) is 14.7 Å². The summed E-state index contributed by atoms with van der Waals surface area (Å²) in [4.78, 5) is 48.2. The Morgan fingerprint density at radius 2 is 1.83 bits per heavy atom. The van der Waals surface area contributed by atoms with Crippen LogP contribution in [0.25, 0.3) is 32.7 Å². The van der Waals surface area contributed by atoms with Crippen LogP contribution in [0.2, 0.25) is 0 Å². The fourth-order valence-electron chi connectivity index (χ4n) is 4.69. The molecule has 1 aromatic carbocycles. The predicted octanol–water partition coefficient (Wildman–Crippen LogP) is 4.63. The molecule has 2 amide bonds. The molecule has 0 radical (unpaired) electrons. The number of carbonyl (C=O) groups excluding carboxylic acids is 1. The van der Waals surface area contributed by atoms with Crippen molar-refractivity contribution in [3.05, 3.63) is 42.6 Å². The van der Waals surface area contributed by atoms with Crippen molar-refractivity contribution in [2.45, 2.75) is 51.7 Å². The number of carbonyl (C=O) groups is 2. The second kappa shape index (κ2) is 11.4. The van der Waals surface area contributed by atoms with Gasteiger partial charge in [0.25, 0.3) is 0 Å². The lowest BCUT2D eigenvalue weighted by atomic mass is 9.93. The molecule has 0 atom stereocenters. The molecule has 220 valence electrons. The number of nitrogens with one attached hydrogen (secondary N) is 2. The van der Waals surface area contributed by atoms with E-state index in [1.54, 1.807) is 39.4 Å². The highest BCUT2D eigenvalue weighted by atomic mass is 32.1. The Morgan fingerprint density at radius 1 is 1.12 bits per heavy atom. The lowest BCUT2D eigenvalue weighted by molar-refractivity contribution is -0.0215. The Kier molecular flexibility index (Phi) is 7.93. The molecule has 0 aliphatic carbocycles. The maximum absolute atomic E-state index is 12.2. The smallest absolute Gasteiger partial charge is 0.450 e. The van der Waals surface area contributed by atoms with Crippen LogP contribution in [0.5, 0.6) is 0 Å². The van der Waals surface area contributed by atoms with E-state index in [1.807, 2.05) is 25.1 Å². The highest BCUT2D eigenvalue weighted by molar-refractivity contribution is 7.22. The number of piperidine rings is 1. The molecule has 3 aromatic heterocycles. The molecule has 1 fully saturated rings. The zero-order valence-corrected chi connectivity index (χ0v) is 24.5. The quantitative estimate of drug-likeness (QED) is 0.220. The Morgan fingerprint density at radius 3 is 2.48 bits per heavy atom. The van der Waals surface area contributed by atoms with E-state index < -0.39 is 17.4 Å². The van der Waals surface area contributed by atoms with Gasteiger partial charge in [0.15, 0.2) is 16.8 Å². The molecule has 4 heterocycles. The van der Waals surface area contributed by atoms with Crippen LogP contribution in [0.3, 0.4) is 0 Å². The van der Waals surface area contributed by atoms with Gasteiger partial charge in [-0.15, -0.1) is 0 Å². The van der Waals surface area contributed by atoms with E-state index in [-0.39, 0.29) is 6.03 Å². The molecule has 5 rings (SSSR count). The number of ether oxygens (including phenoxy) is 1. The number of hydrogen-bond acceptors (Lipinski definition) is 11. The Hall–Kier alpha value is -4.43. The average Bonchev–Trinajstić information content (AvgIpc) is 3.34. The van der Waals surface area contributed by atoms with Crippen molar-refractivity contribution in [1.29, 1.82) is 0 Å². The number of fused-ring (bicyclic) bond motifs is 1. The summed E-state index contributed by atoms with van der Waals surface area (Å²) in [6.45, 7) is 8.50. The van der Waals surface area contributed by atoms with Gasteiger partial charge in [0.1, 0.15) is 17.0 Å². The van der Waals surface area contributed by atoms with Gasteiger partial charge < -0.3 is 25.2 Å². The number of carboxylic acid groups (broad SMARTS) is 1. The monoisotopic (exact) mass is 592 g/mol. The normalized spacial score (nSPS) is 14.9. The molecule has 1 aliphatic heterocycles. The van der Waals surface area contributed by atoms with Gasteiger partial charge in [0.2, 0.25) is 0 Å². The summed E-state index contributed by atoms with van der Waals surface area (Å²) in [5.41, 5.74) is 0.915. The standard InChI is InChI=1S/C28H32N8O5S/c1-5-29-24(37)35-25-33-19-13-16(17-14-31-23(32-15-17)27(2,3)40)12-18(21(19)42-25)22-30-9-6-20(34-22)36-10-7-28(4,8-11-36)41-26(38)39/h6,9,12-15,40H,5,7-8,10-11H2,1-4H3,(H,38,39)(H2,29,33,35,37). The average molecular weight is 593 g/mol. The molecule has 0 bridgehead atoms. The van der Waals surface area contributed by atoms with Crippen LogP contribution in [0, 0.1) is 0 Å². The van der Waals surface area contributed by atoms with Crippen molar-refractivity contribution in [1.82, 2.24) is 30.2 Å². The highest BCUT2D eigenvalue weighted by Crippen LogP contribution is 2.38. The second-order valence-corrected chi connectivity index (χ2v) is 11.8. The molecule has 42 heavy (non-hydrogen) atoms. The summed E-state index contributed by atoms with van der Waals surface area (Å²) in [7, 11) is 0. The van der Waals surface area contributed by atoms with E-state index in [0.717, 1.165) is 10.3 Å². The fraction of sp³-hybridized carbons (Fsp3) is 0.393. The number of anilines is 2. The molecule has 13 nitrogen and oxygen atoms in total. The second-order valence-electron chi connectivity index (χ2n) is 10.8. The molecule has 4 aromatic rings. The Balaban J connectivity index is 1.53. The third kappa shape index (κ3) is 6.39. The lowest BCUT2D eigenvalue weighted by Crippen LogP contribution is -2.45. The number of amides is 2. The number of aliphatic hydroxyl groups is 1. The summed E-state index contributed by atoms with van der Waals surface area (Å²) < 4.78 is 5.91. The molecule has 0 saturated carbocycles. The minimum Gasteiger partial charge on any atom is -0.450 e. The molecule has 1 aliphatic rings. The minimum absolute atomic E-state index is 0.303. The van der Waals surface area contributed by atoms with E-state index >= 15 is 0 Å². The van der Waals surface area contributed by atoms with Gasteiger partial charge in [-0.2, -0.15) is 0 Å². The first-order valence-electron chi connectivity index (χ1n) is 13.5. The number of urea groups is 1. The number of benzene rings is 1. The van der Waals surface area contributed by atoms with Crippen LogP contribution >= 0.6 is 11.3 Å². The summed E-state index contributed by atoms with van der Waals surface area (Å²) >= 11 is 1.32. The van der Waals surface area contributed by atoms with Gasteiger partial charge in [0.05, 0.1) is 10.2 Å². The zero-order chi connectivity index (χ0) is 30.1. The third-order valence-electron chi connectivity index (χ3n) is 6.94. The fourth-order valence-corrected chi connectivity index (χ4v) is 5.64. The van der Waals surface area contributed by atoms with Crippen molar-refractivity contribution in [2.24, 2.45) is 0 Å². The predicted molar refractivity (Wildman–Crippen MR) is 159 cm³/mol. The number of rotatable bonds is 7. The van der Waals surface area contributed by atoms with E-state index in [4.69, 9.17) is 14.8 Å². The van der Waals surface area contributed by atoms with Crippen molar-refractivity contribution >= 4 is 44.7 Å². The lowest BCUT2D eigenvalue weighted by Gasteiger charge is -2.38. The topological polar surface area (TPSA) is 176 Å². The van der Waals surface area contributed by atoms with Gasteiger partial charge in [-0.1, -0.05) is 11.3 Å². The molecule has 14 heteroatoms. The van der Waals surface area contributed by atoms with Gasteiger partial charge >= 0.3 is 12.2 Å². The maximum Gasteiger partial charge on any atom is 0.506 e. The van der Waals surface area contributed by atoms with Crippen LogP contribution in [-0.4, -0.2) is 72.6 Å². The first-order valence-corrected chi connectivity index (χ1v) is 14.3. The first kappa shape index (κ1) is 29.1. The number of nitrogens with zero attached hydrogens (tertiary/aromatic N) is 6. The molecule has 0 spiro atoms. The van der Waals surface area contributed by atoms with Crippen molar-refractivity contribution in [2.75, 3.05) is 29.9 Å². The third-order valence-corrected chi connectivity index (χ3v) is 7.96. The van der Waals surface area contributed by atoms with E-state index in [0.29, 0.717) is 71.7 Å². The van der Waals surface area contributed by atoms with E-state index in [2.05, 4.69) is 35.5 Å². The van der Waals surface area contributed by atoms with E-state index in [1.165, 1.54) is 11.3 Å².